The van der Waals surface area contributed by atoms with Gasteiger partial charge in [0.2, 0.25) is 5.95 Å². The van der Waals surface area contributed by atoms with E-state index in [4.69, 9.17) is 0 Å². The van der Waals surface area contributed by atoms with Gasteiger partial charge in [-0.1, -0.05) is 55.1 Å². The Labute approximate surface area is 140 Å². The molecule has 0 spiro atoms. The maximum atomic E-state index is 4.59. The molecule has 3 aromatic rings. The summed E-state index contributed by atoms with van der Waals surface area (Å²) in [4.78, 5) is 4.59. The van der Waals surface area contributed by atoms with Gasteiger partial charge in [0.05, 0.1) is 12.2 Å². The highest BCUT2D eigenvalue weighted by Crippen LogP contribution is 2.25. The van der Waals surface area contributed by atoms with Crippen molar-refractivity contribution in [3.63, 3.8) is 0 Å². The zero-order chi connectivity index (χ0) is 16.4. The third-order valence-corrected chi connectivity index (χ3v) is 3.78. The van der Waals surface area contributed by atoms with E-state index in [1.54, 1.807) is 4.68 Å². The first-order valence-electron chi connectivity index (χ1n) is 7.78. The molecule has 0 radical (unpaired) electrons. The Morgan fingerprint density at radius 1 is 1.00 bits per heavy atom. The standard InChI is InChI=1S/C19H17N5/c1-14-12-17(13-20-16-10-6-3-7-11-16)21-19-22-18(23-24(14)19)15-8-4-2-5-9-15/h2-12,20H,1,13H2,(H,21,22,23). The second kappa shape index (κ2) is 6.04. The molecule has 5 heteroatoms. The molecule has 2 aromatic carbocycles. The van der Waals surface area contributed by atoms with Crippen molar-refractivity contribution in [2.75, 3.05) is 17.2 Å². The molecule has 0 fully saturated rings. The largest absolute Gasteiger partial charge is 0.379 e. The summed E-state index contributed by atoms with van der Waals surface area (Å²) in [7, 11) is 0. The van der Waals surface area contributed by atoms with E-state index in [0.717, 1.165) is 22.6 Å². The number of aromatic nitrogens is 3. The fourth-order valence-corrected chi connectivity index (χ4v) is 2.59. The number of fused-ring (bicyclic) bond motifs is 1. The van der Waals surface area contributed by atoms with E-state index in [9.17, 15) is 0 Å². The topological polar surface area (TPSA) is 54.8 Å². The van der Waals surface area contributed by atoms with Crippen molar-refractivity contribution in [3.05, 3.63) is 79.0 Å². The second-order valence-electron chi connectivity index (χ2n) is 5.54. The third kappa shape index (κ3) is 2.79. The number of para-hydroxylation sites is 1. The molecule has 1 aliphatic heterocycles. The van der Waals surface area contributed by atoms with E-state index in [-0.39, 0.29) is 0 Å². The van der Waals surface area contributed by atoms with Crippen LogP contribution in [-0.2, 0) is 0 Å². The molecule has 2 heterocycles. The number of allylic oxidation sites excluding steroid dienone is 2. The number of rotatable bonds is 4. The van der Waals surface area contributed by atoms with Crippen LogP contribution in [0.1, 0.15) is 0 Å². The van der Waals surface area contributed by atoms with Crippen LogP contribution in [0.3, 0.4) is 0 Å². The molecule has 24 heavy (non-hydrogen) atoms. The maximum absolute atomic E-state index is 4.59. The van der Waals surface area contributed by atoms with Gasteiger partial charge in [0, 0.05) is 16.9 Å². The van der Waals surface area contributed by atoms with Gasteiger partial charge < -0.3 is 10.6 Å². The van der Waals surface area contributed by atoms with Crippen LogP contribution in [0.15, 0.2) is 79.0 Å². The molecule has 0 aliphatic carbocycles. The van der Waals surface area contributed by atoms with Crippen molar-refractivity contribution < 1.29 is 0 Å². The van der Waals surface area contributed by atoms with Crippen LogP contribution in [0, 0.1) is 0 Å². The molecule has 4 rings (SSSR count). The molecular weight excluding hydrogens is 298 g/mol. The molecule has 0 atom stereocenters. The number of hydrogen-bond acceptors (Lipinski definition) is 4. The van der Waals surface area contributed by atoms with Gasteiger partial charge in [-0.05, 0) is 18.2 Å². The minimum atomic E-state index is 0.663. The van der Waals surface area contributed by atoms with Crippen LogP contribution < -0.4 is 10.6 Å². The van der Waals surface area contributed by atoms with Gasteiger partial charge in [0.15, 0.2) is 5.82 Å². The monoisotopic (exact) mass is 315 g/mol. The predicted octanol–water partition coefficient (Wildman–Crippen LogP) is 3.84. The molecular formula is C19H17N5. The highest BCUT2D eigenvalue weighted by atomic mass is 15.4. The van der Waals surface area contributed by atoms with Crippen molar-refractivity contribution in [1.29, 1.82) is 0 Å². The van der Waals surface area contributed by atoms with Crippen LogP contribution in [0.5, 0.6) is 0 Å². The molecule has 2 N–H and O–H groups in total. The van der Waals surface area contributed by atoms with Crippen LogP contribution in [0.25, 0.3) is 17.1 Å². The maximum Gasteiger partial charge on any atom is 0.230 e. The average Bonchev–Trinajstić information content (AvgIpc) is 3.06. The molecule has 5 nitrogen and oxygen atoms in total. The zero-order valence-corrected chi connectivity index (χ0v) is 13.1. The quantitative estimate of drug-likeness (QED) is 0.768. The van der Waals surface area contributed by atoms with Crippen molar-refractivity contribution in [3.8, 4) is 11.4 Å². The summed E-state index contributed by atoms with van der Waals surface area (Å²) in [6, 6.07) is 20.0. The summed E-state index contributed by atoms with van der Waals surface area (Å²) in [5.74, 6) is 1.37. The number of nitrogens with one attached hydrogen (secondary N) is 2. The summed E-state index contributed by atoms with van der Waals surface area (Å²) < 4.78 is 1.73. The third-order valence-electron chi connectivity index (χ3n) is 3.78. The normalized spacial score (nSPS) is 13.0. The van der Waals surface area contributed by atoms with E-state index in [1.807, 2.05) is 66.7 Å². The van der Waals surface area contributed by atoms with Gasteiger partial charge in [-0.25, -0.2) is 0 Å². The number of hydrogen-bond donors (Lipinski definition) is 2. The molecule has 0 amide bonds. The highest BCUT2D eigenvalue weighted by Gasteiger charge is 2.18. The Balaban J connectivity index is 1.53. The lowest BCUT2D eigenvalue weighted by Gasteiger charge is -2.18. The smallest absolute Gasteiger partial charge is 0.230 e. The minimum absolute atomic E-state index is 0.663. The van der Waals surface area contributed by atoms with E-state index in [0.29, 0.717) is 18.3 Å². The van der Waals surface area contributed by atoms with E-state index in [1.165, 1.54) is 0 Å². The van der Waals surface area contributed by atoms with Crippen LogP contribution >= 0.6 is 0 Å². The Bertz CT molecular complexity index is 894. The van der Waals surface area contributed by atoms with Gasteiger partial charge >= 0.3 is 0 Å². The van der Waals surface area contributed by atoms with Crippen molar-refractivity contribution in [2.24, 2.45) is 0 Å². The zero-order valence-electron chi connectivity index (χ0n) is 13.1. The SMILES string of the molecule is C=C1C=C(CNc2ccccc2)Nc2nc(-c3ccccc3)nn21. The first-order valence-corrected chi connectivity index (χ1v) is 7.78. The Morgan fingerprint density at radius 3 is 2.46 bits per heavy atom. The fourth-order valence-electron chi connectivity index (χ4n) is 2.59. The van der Waals surface area contributed by atoms with Crippen LogP contribution in [0.2, 0.25) is 0 Å². The summed E-state index contributed by atoms with van der Waals surface area (Å²) in [6.07, 6.45) is 1.98. The Kier molecular flexibility index (Phi) is 3.59. The Morgan fingerprint density at radius 2 is 1.71 bits per heavy atom. The number of anilines is 2. The van der Waals surface area contributed by atoms with Crippen molar-refractivity contribution >= 4 is 17.3 Å². The molecule has 0 bridgehead atoms. The van der Waals surface area contributed by atoms with Gasteiger partial charge in [0.25, 0.3) is 0 Å². The lowest BCUT2D eigenvalue weighted by Crippen LogP contribution is -2.19. The first-order chi connectivity index (χ1) is 11.8. The van der Waals surface area contributed by atoms with Crippen molar-refractivity contribution in [1.82, 2.24) is 14.8 Å². The second-order valence-corrected chi connectivity index (χ2v) is 5.54. The van der Waals surface area contributed by atoms with Gasteiger partial charge in [-0.2, -0.15) is 9.67 Å². The molecule has 0 unspecified atom stereocenters. The lowest BCUT2D eigenvalue weighted by molar-refractivity contribution is 0.900. The summed E-state index contributed by atoms with van der Waals surface area (Å²) >= 11 is 0. The van der Waals surface area contributed by atoms with E-state index >= 15 is 0 Å². The average molecular weight is 315 g/mol. The van der Waals surface area contributed by atoms with Crippen molar-refractivity contribution in [2.45, 2.75) is 0 Å². The molecule has 0 saturated heterocycles. The molecule has 118 valence electrons. The molecule has 1 aliphatic rings. The van der Waals surface area contributed by atoms with E-state index < -0.39 is 0 Å². The Hall–Kier alpha value is -3.34. The number of nitrogens with zero attached hydrogens (tertiary/aromatic N) is 3. The molecule has 1 aromatic heterocycles. The van der Waals surface area contributed by atoms with Crippen LogP contribution in [-0.4, -0.2) is 21.3 Å². The summed E-state index contributed by atoms with van der Waals surface area (Å²) in [5, 5.41) is 11.2. The lowest BCUT2D eigenvalue weighted by atomic mass is 10.2. The van der Waals surface area contributed by atoms with E-state index in [2.05, 4.69) is 27.3 Å². The summed E-state index contributed by atoms with van der Waals surface area (Å²) in [6.45, 7) is 4.75. The van der Waals surface area contributed by atoms with Gasteiger partial charge in [-0.15, -0.1) is 5.10 Å². The number of benzene rings is 2. The van der Waals surface area contributed by atoms with Gasteiger partial charge in [-0.3, -0.25) is 0 Å². The summed E-state index contributed by atoms with van der Waals surface area (Å²) in [5.41, 5.74) is 3.85. The minimum Gasteiger partial charge on any atom is -0.379 e. The highest BCUT2D eigenvalue weighted by molar-refractivity contribution is 5.68. The fraction of sp³-hybridized carbons (Fsp3) is 0.0526. The van der Waals surface area contributed by atoms with Crippen LogP contribution in [0.4, 0.5) is 11.6 Å². The van der Waals surface area contributed by atoms with Gasteiger partial charge in [0.1, 0.15) is 0 Å². The molecule has 0 saturated carbocycles. The first kappa shape index (κ1) is 14.3. The predicted molar refractivity (Wildman–Crippen MR) is 97.4 cm³/mol.